The Morgan fingerprint density at radius 1 is 1.05 bits per heavy atom. The van der Waals surface area contributed by atoms with E-state index in [4.69, 9.17) is 4.74 Å². The zero-order valence-electron chi connectivity index (χ0n) is 22.4. The van der Waals surface area contributed by atoms with Gasteiger partial charge in [0.1, 0.15) is 18.2 Å². The van der Waals surface area contributed by atoms with Gasteiger partial charge in [0.15, 0.2) is 5.57 Å². The Kier molecular flexibility index (Phi) is 13.3. The lowest BCUT2D eigenvalue weighted by molar-refractivity contribution is -0.141. The van der Waals surface area contributed by atoms with E-state index in [-0.39, 0.29) is 28.4 Å². The number of hydrogen-bond donors (Lipinski definition) is 2. The normalized spacial score (nSPS) is 13.3. The molecule has 38 heavy (non-hydrogen) atoms. The summed E-state index contributed by atoms with van der Waals surface area (Å²) in [5.74, 6) is -0.0781. The second-order valence-corrected chi connectivity index (χ2v) is 9.43. The Hall–Kier alpha value is -3.93. The lowest BCUT2D eigenvalue weighted by atomic mass is 9.92. The third kappa shape index (κ3) is 9.18. The van der Waals surface area contributed by atoms with Crippen molar-refractivity contribution in [3.8, 4) is 18.2 Å². The molecule has 1 amide bonds. The number of nitriles is 3. The lowest BCUT2D eigenvalue weighted by Gasteiger charge is -2.16. The van der Waals surface area contributed by atoms with Crippen molar-refractivity contribution in [2.24, 2.45) is 5.92 Å². The van der Waals surface area contributed by atoms with Gasteiger partial charge >= 0.3 is 5.97 Å². The van der Waals surface area contributed by atoms with Gasteiger partial charge in [-0.05, 0) is 62.2 Å². The topological polar surface area (TPSA) is 139 Å². The van der Waals surface area contributed by atoms with Crippen LogP contribution in [0.25, 0.3) is 5.57 Å². The molecule has 0 fully saturated rings. The maximum absolute atomic E-state index is 12.7. The van der Waals surface area contributed by atoms with Crippen LogP contribution >= 0.6 is 0 Å². The molecule has 0 saturated carbocycles. The standard InChI is InChI=1S/C30H37N5O3/c1-3-23(21-34-16-10-4-5-11-17-38-22(2)36)12-6-7-13-24-14-8-9-15-26(24)28-27(20-33)29(35-30(28)37)25(18-31)19-32/h8-9,14-15,23,34H,3-7,10-13,16-17,21H2,1-2H3,(H,35,37). The van der Waals surface area contributed by atoms with Crippen LogP contribution in [-0.2, 0) is 20.7 Å². The first kappa shape index (κ1) is 30.3. The zero-order chi connectivity index (χ0) is 27.8. The highest BCUT2D eigenvalue weighted by Gasteiger charge is 2.32. The van der Waals surface area contributed by atoms with Gasteiger partial charge in [-0.25, -0.2) is 0 Å². The fraction of sp³-hybridized carbons (Fsp3) is 0.500. The third-order valence-corrected chi connectivity index (χ3v) is 6.71. The van der Waals surface area contributed by atoms with Crippen molar-refractivity contribution in [3.63, 3.8) is 0 Å². The Balaban J connectivity index is 1.85. The van der Waals surface area contributed by atoms with Crippen LogP contribution < -0.4 is 10.6 Å². The number of esters is 1. The minimum absolute atomic E-state index is 0.00686. The molecular weight excluding hydrogens is 478 g/mol. The van der Waals surface area contributed by atoms with E-state index in [1.165, 1.54) is 6.92 Å². The number of carbonyl (C=O) groups is 2. The molecule has 200 valence electrons. The lowest BCUT2D eigenvalue weighted by Crippen LogP contribution is -2.23. The molecule has 2 rings (SSSR count). The van der Waals surface area contributed by atoms with Crippen molar-refractivity contribution in [2.45, 2.75) is 71.6 Å². The van der Waals surface area contributed by atoms with Crippen LogP contribution in [0.3, 0.4) is 0 Å². The summed E-state index contributed by atoms with van der Waals surface area (Å²) < 4.78 is 4.95. The summed E-state index contributed by atoms with van der Waals surface area (Å²) in [5, 5.41) is 34.2. The second-order valence-electron chi connectivity index (χ2n) is 9.43. The average molecular weight is 516 g/mol. The predicted octanol–water partition coefficient (Wildman–Crippen LogP) is 4.85. The summed E-state index contributed by atoms with van der Waals surface area (Å²) in [6, 6.07) is 13.1. The van der Waals surface area contributed by atoms with Gasteiger partial charge in [0.25, 0.3) is 5.91 Å². The number of amides is 1. The Bertz CT molecular complexity index is 1150. The highest BCUT2D eigenvalue weighted by molar-refractivity contribution is 6.26. The van der Waals surface area contributed by atoms with Gasteiger partial charge in [0.05, 0.1) is 23.5 Å². The minimum atomic E-state index is -0.464. The van der Waals surface area contributed by atoms with E-state index in [9.17, 15) is 25.4 Å². The molecule has 1 aliphatic rings. The number of allylic oxidation sites excluding steroid dienone is 2. The number of unbranched alkanes of at least 4 members (excludes halogenated alkanes) is 4. The van der Waals surface area contributed by atoms with Gasteiger partial charge in [-0.15, -0.1) is 0 Å². The van der Waals surface area contributed by atoms with Crippen molar-refractivity contribution < 1.29 is 14.3 Å². The molecule has 0 saturated heterocycles. The fourth-order valence-corrected chi connectivity index (χ4v) is 4.58. The van der Waals surface area contributed by atoms with E-state index < -0.39 is 5.91 Å². The van der Waals surface area contributed by atoms with Crippen molar-refractivity contribution in [2.75, 3.05) is 19.7 Å². The zero-order valence-corrected chi connectivity index (χ0v) is 22.4. The third-order valence-electron chi connectivity index (χ3n) is 6.71. The maximum atomic E-state index is 12.7. The Morgan fingerprint density at radius 2 is 1.79 bits per heavy atom. The summed E-state index contributed by atoms with van der Waals surface area (Å²) in [4.78, 5) is 23.5. The summed E-state index contributed by atoms with van der Waals surface area (Å²) in [7, 11) is 0. The molecule has 0 aliphatic carbocycles. The van der Waals surface area contributed by atoms with Gasteiger partial charge in [-0.1, -0.05) is 56.9 Å². The van der Waals surface area contributed by atoms with Gasteiger partial charge in [0.2, 0.25) is 0 Å². The molecule has 1 aromatic carbocycles. The van der Waals surface area contributed by atoms with Crippen LogP contribution in [-0.4, -0.2) is 31.6 Å². The van der Waals surface area contributed by atoms with Crippen LogP contribution in [0.4, 0.5) is 0 Å². The summed E-state index contributed by atoms with van der Waals surface area (Å²) >= 11 is 0. The molecular formula is C30H37N5O3. The van der Waals surface area contributed by atoms with Crippen molar-refractivity contribution in [3.05, 3.63) is 52.2 Å². The van der Waals surface area contributed by atoms with Crippen molar-refractivity contribution >= 4 is 17.4 Å². The molecule has 1 aliphatic heterocycles. The first-order chi connectivity index (χ1) is 18.5. The van der Waals surface area contributed by atoms with Crippen LogP contribution in [0, 0.1) is 39.9 Å². The molecule has 8 nitrogen and oxygen atoms in total. The van der Waals surface area contributed by atoms with Crippen molar-refractivity contribution in [1.29, 1.82) is 15.8 Å². The molecule has 1 heterocycles. The summed E-state index contributed by atoms with van der Waals surface area (Å²) in [6.07, 6.45) is 9.22. The number of ether oxygens (including phenoxy) is 1. The van der Waals surface area contributed by atoms with E-state index in [0.29, 0.717) is 18.1 Å². The van der Waals surface area contributed by atoms with E-state index in [1.54, 1.807) is 12.1 Å². The van der Waals surface area contributed by atoms with Gasteiger partial charge in [0, 0.05) is 6.92 Å². The molecule has 0 spiro atoms. The fourth-order valence-electron chi connectivity index (χ4n) is 4.58. The second kappa shape index (κ2) is 16.7. The minimum Gasteiger partial charge on any atom is -0.466 e. The summed E-state index contributed by atoms with van der Waals surface area (Å²) in [5.41, 5.74) is 1.63. The number of aryl methyl sites for hydroxylation is 1. The van der Waals surface area contributed by atoms with Gasteiger partial charge in [-0.3, -0.25) is 9.59 Å². The van der Waals surface area contributed by atoms with E-state index in [0.717, 1.165) is 76.4 Å². The molecule has 0 bridgehead atoms. The Labute approximate surface area is 226 Å². The molecule has 1 unspecified atom stereocenters. The van der Waals surface area contributed by atoms with Gasteiger partial charge in [-0.2, -0.15) is 15.8 Å². The number of rotatable bonds is 16. The highest BCUT2D eigenvalue weighted by atomic mass is 16.5. The quantitative estimate of drug-likeness (QED) is 0.182. The molecule has 1 aromatic rings. The van der Waals surface area contributed by atoms with E-state index in [2.05, 4.69) is 17.6 Å². The molecule has 0 radical (unpaired) electrons. The van der Waals surface area contributed by atoms with Crippen LogP contribution in [0.15, 0.2) is 41.1 Å². The molecule has 2 N–H and O–H groups in total. The number of nitrogens with one attached hydrogen (secondary N) is 2. The largest absolute Gasteiger partial charge is 0.466 e. The molecule has 1 atom stereocenters. The first-order valence-electron chi connectivity index (χ1n) is 13.4. The van der Waals surface area contributed by atoms with E-state index >= 15 is 0 Å². The van der Waals surface area contributed by atoms with Crippen LogP contribution in [0.5, 0.6) is 0 Å². The number of carbonyl (C=O) groups excluding carboxylic acids is 2. The smallest absolute Gasteiger partial charge is 0.302 e. The highest BCUT2D eigenvalue weighted by Crippen LogP contribution is 2.32. The average Bonchev–Trinajstić information content (AvgIpc) is 3.25. The summed E-state index contributed by atoms with van der Waals surface area (Å²) in [6.45, 7) is 6.15. The van der Waals surface area contributed by atoms with E-state index in [1.807, 2.05) is 30.3 Å². The van der Waals surface area contributed by atoms with Gasteiger partial charge < -0.3 is 15.4 Å². The van der Waals surface area contributed by atoms with Crippen LogP contribution in [0.1, 0.15) is 76.3 Å². The monoisotopic (exact) mass is 515 g/mol. The Morgan fingerprint density at radius 3 is 2.47 bits per heavy atom. The van der Waals surface area contributed by atoms with Crippen molar-refractivity contribution in [1.82, 2.24) is 10.6 Å². The maximum Gasteiger partial charge on any atom is 0.302 e. The number of nitrogens with zero attached hydrogens (tertiary/aromatic N) is 3. The number of hydrogen-bond acceptors (Lipinski definition) is 7. The molecule has 0 aromatic heterocycles. The molecule has 8 heteroatoms. The SMILES string of the molecule is CCC(CCCCc1ccccc1C1=C(C#N)C(=C(C#N)C#N)NC1=O)CNCCCCCCOC(C)=O. The number of benzene rings is 1. The van der Waals surface area contributed by atoms with Crippen LogP contribution in [0.2, 0.25) is 0 Å². The first-order valence-corrected chi connectivity index (χ1v) is 13.4. The predicted molar refractivity (Wildman–Crippen MR) is 145 cm³/mol.